The molecule has 1 amide bonds. The third kappa shape index (κ3) is 3.28. The molecule has 1 aromatic heterocycles. The van der Waals surface area contributed by atoms with E-state index in [1.165, 1.54) is 24.4 Å². The van der Waals surface area contributed by atoms with Crippen LogP contribution in [-0.4, -0.2) is 22.5 Å². The molecular formula is C12H10F3N3O2. The van der Waals surface area contributed by atoms with Gasteiger partial charge in [0.15, 0.2) is 5.75 Å². The molecule has 0 saturated carbocycles. The van der Waals surface area contributed by atoms with Gasteiger partial charge in [-0.25, -0.2) is 0 Å². The van der Waals surface area contributed by atoms with Gasteiger partial charge in [0.1, 0.15) is 0 Å². The number of carbonyl (C=O) groups excluding carboxylic acids is 1. The van der Waals surface area contributed by atoms with Crippen molar-refractivity contribution < 1.29 is 22.7 Å². The lowest BCUT2D eigenvalue weighted by molar-refractivity contribution is -0.274. The first kappa shape index (κ1) is 13.9. The number of nitrogens with one attached hydrogen (secondary N) is 2. The first-order valence-electron chi connectivity index (χ1n) is 5.53. The molecule has 8 heteroatoms. The SMILES string of the molecule is Cc1[nH]ncc1C(=O)Nc1ccccc1OC(F)(F)F. The van der Waals surface area contributed by atoms with Crippen molar-refractivity contribution in [3.8, 4) is 5.75 Å². The van der Waals surface area contributed by atoms with E-state index in [0.717, 1.165) is 6.07 Å². The predicted molar refractivity (Wildman–Crippen MR) is 64.4 cm³/mol. The van der Waals surface area contributed by atoms with Crippen molar-refractivity contribution >= 4 is 11.6 Å². The van der Waals surface area contributed by atoms with Crippen LogP contribution in [0.3, 0.4) is 0 Å². The van der Waals surface area contributed by atoms with Crippen LogP contribution >= 0.6 is 0 Å². The first-order valence-corrected chi connectivity index (χ1v) is 5.53. The van der Waals surface area contributed by atoms with E-state index in [1.807, 2.05) is 0 Å². The highest BCUT2D eigenvalue weighted by molar-refractivity contribution is 6.05. The van der Waals surface area contributed by atoms with Gasteiger partial charge in [-0.2, -0.15) is 5.10 Å². The molecule has 0 fully saturated rings. The smallest absolute Gasteiger partial charge is 0.404 e. The second-order valence-electron chi connectivity index (χ2n) is 3.91. The zero-order chi connectivity index (χ0) is 14.8. The molecule has 0 aliphatic heterocycles. The molecule has 1 heterocycles. The Hall–Kier alpha value is -2.51. The predicted octanol–water partition coefficient (Wildman–Crippen LogP) is 2.87. The number of anilines is 1. The Morgan fingerprint density at radius 2 is 2.05 bits per heavy atom. The molecule has 0 saturated heterocycles. The summed E-state index contributed by atoms with van der Waals surface area (Å²) in [6.07, 6.45) is -3.54. The Morgan fingerprint density at radius 3 is 2.65 bits per heavy atom. The molecule has 2 rings (SSSR count). The number of aromatic nitrogens is 2. The number of alkyl halides is 3. The lowest BCUT2D eigenvalue weighted by Gasteiger charge is -2.13. The lowest BCUT2D eigenvalue weighted by atomic mass is 10.2. The van der Waals surface area contributed by atoms with Crippen LogP contribution in [0.1, 0.15) is 16.1 Å². The van der Waals surface area contributed by atoms with E-state index in [-0.39, 0.29) is 11.3 Å². The topological polar surface area (TPSA) is 67.0 Å². The second-order valence-corrected chi connectivity index (χ2v) is 3.91. The number of amides is 1. The Kier molecular flexibility index (Phi) is 3.64. The van der Waals surface area contributed by atoms with Crippen molar-refractivity contribution in [2.45, 2.75) is 13.3 Å². The quantitative estimate of drug-likeness (QED) is 0.911. The minimum absolute atomic E-state index is 0.0737. The number of aromatic amines is 1. The summed E-state index contributed by atoms with van der Waals surface area (Å²) in [5, 5.41) is 8.59. The van der Waals surface area contributed by atoms with Crippen LogP contribution in [0.2, 0.25) is 0 Å². The summed E-state index contributed by atoms with van der Waals surface area (Å²) >= 11 is 0. The number of benzene rings is 1. The number of H-pyrrole nitrogens is 1. The number of rotatable bonds is 3. The summed E-state index contributed by atoms with van der Waals surface area (Å²) in [5.74, 6) is -1.05. The molecule has 2 N–H and O–H groups in total. The van der Waals surface area contributed by atoms with Crippen molar-refractivity contribution in [1.82, 2.24) is 10.2 Å². The second kappa shape index (κ2) is 5.24. The number of halogens is 3. The lowest BCUT2D eigenvalue weighted by Crippen LogP contribution is -2.19. The molecule has 2 aromatic rings. The van der Waals surface area contributed by atoms with E-state index in [0.29, 0.717) is 5.69 Å². The maximum atomic E-state index is 12.2. The van der Waals surface area contributed by atoms with E-state index in [4.69, 9.17) is 0 Å². The van der Waals surface area contributed by atoms with Gasteiger partial charge in [-0.15, -0.1) is 13.2 Å². The summed E-state index contributed by atoms with van der Waals surface area (Å²) in [6.45, 7) is 1.63. The maximum Gasteiger partial charge on any atom is 0.573 e. The van der Waals surface area contributed by atoms with Gasteiger partial charge in [0.25, 0.3) is 5.91 Å². The van der Waals surface area contributed by atoms with Gasteiger partial charge < -0.3 is 10.1 Å². The van der Waals surface area contributed by atoms with E-state index >= 15 is 0 Å². The minimum atomic E-state index is -4.83. The summed E-state index contributed by atoms with van der Waals surface area (Å²) in [6, 6.07) is 5.29. The fourth-order valence-electron chi connectivity index (χ4n) is 1.55. The molecule has 106 valence electrons. The summed E-state index contributed by atoms with van der Waals surface area (Å²) in [5.41, 5.74) is 0.680. The maximum absolute atomic E-state index is 12.2. The number of aryl methyl sites for hydroxylation is 1. The highest BCUT2D eigenvalue weighted by atomic mass is 19.4. The molecule has 0 aliphatic rings. The van der Waals surface area contributed by atoms with Crippen molar-refractivity contribution in [3.63, 3.8) is 0 Å². The van der Waals surface area contributed by atoms with Crippen LogP contribution in [0.5, 0.6) is 5.75 Å². The Bertz CT molecular complexity index is 622. The summed E-state index contributed by atoms with van der Waals surface area (Å²) < 4.78 is 40.6. The highest BCUT2D eigenvalue weighted by Crippen LogP contribution is 2.30. The summed E-state index contributed by atoms with van der Waals surface area (Å²) in [7, 11) is 0. The third-order valence-electron chi connectivity index (χ3n) is 2.44. The minimum Gasteiger partial charge on any atom is -0.404 e. The average Bonchev–Trinajstić information content (AvgIpc) is 2.76. The van der Waals surface area contributed by atoms with E-state index in [2.05, 4.69) is 20.3 Å². The molecule has 0 unspecified atom stereocenters. The first-order chi connectivity index (χ1) is 9.37. The van der Waals surface area contributed by atoms with Crippen molar-refractivity contribution in [3.05, 3.63) is 41.7 Å². The molecule has 20 heavy (non-hydrogen) atoms. The van der Waals surface area contributed by atoms with Gasteiger partial charge >= 0.3 is 6.36 Å². The third-order valence-corrected chi connectivity index (χ3v) is 2.44. The molecule has 0 atom stereocenters. The van der Waals surface area contributed by atoms with Gasteiger partial charge in [-0.05, 0) is 19.1 Å². The van der Waals surface area contributed by atoms with Crippen LogP contribution in [0, 0.1) is 6.92 Å². The van der Waals surface area contributed by atoms with Crippen LogP contribution in [-0.2, 0) is 0 Å². The monoisotopic (exact) mass is 285 g/mol. The van der Waals surface area contributed by atoms with E-state index in [1.54, 1.807) is 6.92 Å². The Balaban J connectivity index is 2.22. The van der Waals surface area contributed by atoms with E-state index in [9.17, 15) is 18.0 Å². The van der Waals surface area contributed by atoms with Gasteiger partial charge in [0, 0.05) is 5.69 Å². The molecular weight excluding hydrogens is 275 g/mol. The number of nitrogens with zero attached hydrogens (tertiary/aromatic N) is 1. The highest BCUT2D eigenvalue weighted by Gasteiger charge is 2.32. The summed E-state index contributed by atoms with van der Waals surface area (Å²) in [4.78, 5) is 11.9. The Morgan fingerprint density at radius 1 is 1.35 bits per heavy atom. The molecule has 0 bridgehead atoms. The zero-order valence-electron chi connectivity index (χ0n) is 10.3. The van der Waals surface area contributed by atoms with Gasteiger partial charge in [-0.1, -0.05) is 12.1 Å². The van der Waals surface area contributed by atoms with E-state index < -0.39 is 18.0 Å². The van der Waals surface area contributed by atoms with Crippen LogP contribution < -0.4 is 10.1 Å². The zero-order valence-corrected chi connectivity index (χ0v) is 10.3. The van der Waals surface area contributed by atoms with Crippen molar-refractivity contribution in [2.75, 3.05) is 5.32 Å². The molecule has 5 nitrogen and oxygen atoms in total. The Labute approximate surface area is 111 Å². The molecule has 1 aromatic carbocycles. The number of carbonyl (C=O) groups is 1. The number of para-hydroxylation sites is 2. The largest absolute Gasteiger partial charge is 0.573 e. The number of hydrogen-bond donors (Lipinski definition) is 2. The van der Waals surface area contributed by atoms with Crippen molar-refractivity contribution in [1.29, 1.82) is 0 Å². The molecule has 0 aliphatic carbocycles. The fourth-order valence-corrected chi connectivity index (χ4v) is 1.55. The van der Waals surface area contributed by atoms with Gasteiger partial charge in [0.05, 0.1) is 17.4 Å². The fraction of sp³-hybridized carbons (Fsp3) is 0.167. The van der Waals surface area contributed by atoms with Gasteiger partial charge in [0.2, 0.25) is 0 Å². The molecule has 0 spiro atoms. The van der Waals surface area contributed by atoms with Crippen LogP contribution in [0.25, 0.3) is 0 Å². The average molecular weight is 285 g/mol. The van der Waals surface area contributed by atoms with Crippen LogP contribution in [0.15, 0.2) is 30.5 Å². The number of ether oxygens (including phenoxy) is 1. The normalized spacial score (nSPS) is 11.2. The standard InChI is InChI=1S/C12H10F3N3O2/c1-7-8(6-16-18-7)11(19)17-9-4-2-3-5-10(9)20-12(13,14)15/h2-6H,1H3,(H,16,18)(H,17,19). The van der Waals surface area contributed by atoms with Crippen molar-refractivity contribution in [2.24, 2.45) is 0 Å². The van der Waals surface area contributed by atoms with Gasteiger partial charge in [-0.3, -0.25) is 9.89 Å². The molecule has 0 radical (unpaired) electrons. The number of hydrogen-bond acceptors (Lipinski definition) is 3. The van der Waals surface area contributed by atoms with Crippen LogP contribution in [0.4, 0.5) is 18.9 Å².